The first-order chi connectivity index (χ1) is 8.54. The summed E-state index contributed by atoms with van der Waals surface area (Å²) >= 11 is 0. The topological polar surface area (TPSA) is 78.9 Å². The second-order valence-electron chi connectivity index (χ2n) is 4.76. The van der Waals surface area contributed by atoms with Crippen LogP contribution >= 0.6 is 0 Å². The molecule has 0 bridgehead atoms. The lowest BCUT2D eigenvalue weighted by Gasteiger charge is -2.20. The molecule has 1 aliphatic carbocycles. The minimum atomic E-state index is -0.764. The lowest BCUT2D eigenvalue weighted by molar-refractivity contribution is -0.141. The molecular formula is C12H22N2O4. The van der Waals surface area contributed by atoms with Crippen LogP contribution in [-0.2, 0) is 9.53 Å². The van der Waals surface area contributed by atoms with Crippen molar-refractivity contribution < 1.29 is 19.4 Å². The molecule has 1 fully saturated rings. The Balaban J connectivity index is 2.26. The molecule has 1 aliphatic rings. The second kappa shape index (κ2) is 7.20. The Hall–Kier alpha value is -1.30. The van der Waals surface area contributed by atoms with Crippen molar-refractivity contribution >= 4 is 12.0 Å². The molecule has 0 aromatic heterocycles. The quantitative estimate of drug-likeness (QED) is 0.694. The first kappa shape index (κ1) is 14.8. The fourth-order valence-electron chi connectivity index (χ4n) is 2.17. The normalized spacial score (nSPS) is 22.8. The molecule has 0 saturated heterocycles. The maximum atomic E-state index is 11.8. The zero-order valence-corrected chi connectivity index (χ0v) is 11.0. The standard InChI is InChI=1S/C12H22N2O4/c1-14(6-3-7-18-2)12(17)13-10-5-4-9(8-10)11(15)16/h9-10H,3-8H2,1-2H3,(H,13,17)(H,15,16)/t9-,10+/m1/s1. The summed E-state index contributed by atoms with van der Waals surface area (Å²) in [5.74, 6) is -1.07. The molecule has 0 radical (unpaired) electrons. The summed E-state index contributed by atoms with van der Waals surface area (Å²) in [5, 5.41) is 11.8. The summed E-state index contributed by atoms with van der Waals surface area (Å²) in [6.07, 6.45) is 2.72. The van der Waals surface area contributed by atoms with Crippen molar-refractivity contribution in [2.24, 2.45) is 5.92 Å². The van der Waals surface area contributed by atoms with Crippen LogP contribution in [0.4, 0.5) is 4.79 Å². The van der Waals surface area contributed by atoms with Crippen LogP contribution in [0.15, 0.2) is 0 Å². The highest BCUT2D eigenvalue weighted by molar-refractivity contribution is 5.75. The third-order valence-corrected chi connectivity index (χ3v) is 3.30. The molecule has 0 aromatic carbocycles. The van der Waals surface area contributed by atoms with E-state index in [0.717, 1.165) is 12.8 Å². The highest BCUT2D eigenvalue weighted by Gasteiger charge is 2.30. The highest BCUT2D eigenvalue weighted by Crippen LogP contribution is 2.25. The molecule has 2 N–H and O–H groups in total. The van der Waals surface area contributed by atoms with Crippen LogP contribution in [0, 0.1) is 5.92 Å². The number of amides is 2. The average molecular weight is 258 g/mol. The molecular weight excluding hydrogens is 236 g/mol. The van der Waals surface area contributed by atoms with Gasteiger partial charge in [-0.25, -0.2) is 4.79 Å². The van der Waals surface area contributed by atoms with E-state index < -0.39 is 5.97 Å². The number of carboxylic acid groups (broad SMARTS) is 1. The monoisotopic (exact) mass is 258 g/mol. The Bertz CT molecular complexity index is 296. The van der Waals surface area contributed by atoms with Crippen LogP contribution in [0.1, 0.15) is 25.7 Å². The third-order valence-electron chi connectivity index (χ3n) is 3.30. The molecule has 1 rings (SSSR count). The zero-order valence-electron chi connectivity index (χ0n) is 11.0. The number of urea groups is 1. The van der Waals surface area contributed by atoms with E-state index in [2.05, 4.69) is 5.32 Å². The Morgan fingerprint density at radius 1 is 1.44 bits per heavy atom. The Morgan fingerprint density at radius 2 is 2.17 bits per heavy atom. The van der Waals surface area contributed by atoms with Gasteiger partial charge in [-0.15, -0.1) is 0 Å². The van der Waals surface area contributed by atoms with Gasteiger partial charge in [0.05, 0.1) is 5.92 Å². The van der Waals surface area contributed by atoms with E-state index in [-0.39, 0.29) is 18.0 Å². The van der Waals surface area contributed by atoms with E-state index in [1.807, 2.05) is 0 Å². The van der Waals surface area contributed by atoms with Crippen LogP contribution in [0.3, 0.4) is 0 Å². The number of aliphatic carboxylic acids is 1. The van der Waals surface area contributed by atoms with Gasteiger partial charge in [0, 0.05) is 33.4 Å². The van der Waals surface area contributed by atoms with Crippen LogP contribution in [0.5, 0.6) is 0 Å². The van der Waals surface area contributed by atoms with Crippen molar-refractivity contribution in [3.8, 4) is 0 Å². The number of methoxy groups -OCH3 is 1. The number of carboxylic acids is 1. The number of ether oxygens (including phenoxy) is 1. The van der Waals surface area contributed by atoms with E-state index in [1.54, 1.807) is 19.1 Å². The predicted molar refractivity (Wildman–Crippen MR) is 66.4 cm³/mol. The fourth-order valence-corrected chi connectivity index (χ4v) is 2.17. The molecule has 0 unspecified atom stereocenters. The number of carbonyl (C=O) groups is 2. The average Bonchev–Trinajstić information content (AvgIpc) is 2.77. The molecule has 0 spiro atoms. The molecule has 0 aliphatic heterocycles. The minimum Gasteiger partial charge on any atom is -0.481 e. The smallest absolute Gasteiger partial charge is 0.317 e. The summed E-state index contributed by atoms with van der Waals surface area (Å²) in [6, 6.07) is -0.148. The maximum Gasteiger partial charge on any atom is 0.317 e. The predicted octanol–water partition coefficient (Wildman–Crippen LogP) is 0.918. The number of hydrogen-bond donors (Lipinski definition) is 2. The molecule has 1 saturated carbocycles. The van der Waals surface area contributed by atoms with Gasteiger partial charge >= 0.3 is 12.0 Å². The van der Waals surface area contributed by atoms with Crippen LogP contribution in [-0.4, -0.2) is 55.4 Å². The van der Waals surface area contributed by atoms with Crippen molar-refractivity contribution in [2.75, 3.05) is 27.3 Å². The zero-order chi connectivity index (χ0) is 13.5. The summed E-state index contributed by atoms with van der Waals surface area (Å²) in [5.41, 5.74) is 0. The van der Waals surface area contributed by atoms with E-state index >= 15 is 0 Å². The van der Waals surface area contributed by atoms with Crippen LogP contribution in [0.25, 0.3) is 0 Å². The lowest BCUT2D eigenvalue weighted by Crippen LogP contribution is -2.42. The number of hydrogen-bond acceptors (Lipinski definition) is 3. The molecule has 2 amide bonds. The SMILES string of the molecule is COCCCN(C)C(=O)N[C@H]1CC[C@@H](C(=O)O)C1. The molecule has 0 heterocycles. The summed E-state index contributed by atoms with van der Waals surface area (Å²) < 4.78 is 4.92. The number of nitrogens with one attached hydrogen (secondary N) is 1. The molecule has 6 nitrogen and oxygen atoms in total. The van der Waals surface area contributed by atoms with Gasteiger partial charge in [0.15, 0.2) is 0 Å². The van der Waals surface area contributed by atoms with Gasteiger partial charge in [-0.1, -0.05) is 0 Å². The first-order valence-electron chi connectivity index (χ1n) is 6.28. The summed E-state index contributed by atoms with van der Waals surface area (Å²) in [7, 11) is 3.36. The van der Waals surface area contributed by atoms with Gasteiger partial charge in [0.2, 0.25) is 0 Å². The van der Waals surface area contributed by atoms with E-state index in [1.165, 1.54) is 0 Å². The Kier molecular flexibility index (Phi) is 5.91. The summed E-state index contributed by atoms with van der Waals surface area (Å²) in [4.78, 5) is 24.2. The molecule has 6 heteroatoms. The molecule has 104 valence electrons. The largest absolute Gasteiger partial charge is 0.481 e. The van der Waals surface area contributed by atoms with E-state index in [0.29, 0.717) is 26.0 Å². The van der Waals surface area contributed by atoms with Crippen molar-refractivity contribution in [1.29, 1.82) is 0 Å². The van der Waals surface area contributed by atoms with Gasteiger partial charge in [-0.2, -0.15) is 0 Å². The molecule has 2 atom stereocenters. The lowest BCUT2D eigenvalue weighted by atomic mass is 10.1. The first-order valence-corrected chi connectivity index (χ1v) is 6.28. The van der Waals surface area contributed by atoms with Crippen molar-refractivity contribution in [1.82, 2.24) is 10.2 Å². The van der Waals surface area contributed by atoms with E-state index in [9.17, 15) is 9.59 Å². The Labute approximate surface area is 107 Å². The van der Waals surface area contributed by atoms with Crippen molar-refractivity contribution in [3.05, 3.63) is 0 Å². The van der Waals surface area contributed by atoms with Crippen LogP contribution in [0.2, 0.25) is 0 Å². The van der Waals surface area contributed by atoms with Crippen molar-refractivity contribution in [3.63, 3.8) is 0 Å². The van der Waals surface area contributed by atoms with Gasteiger partial charge in [-0.05, 0) is 25.7 Å². The van der Waals surface area contributed by atoms with E-state index in [4.69, 9.17) is 9.84 Å². The third kappa shape index (κ3) is 4.52. The minimum absolute atomic E-state index is 0.0107. The van der Waals surface area contributed by atoms with Gasteiger partial charge in [0.25, 0.3) is 0 Å². The van der Waals surface area contributed by atoms with Crippen LogP contribution < -0.4 is 5.32 Å². The summed E-state index contributed by atoms with van der Waals surface area (Å²) in [6.45, 7) is 1.26. The van der Waals surface area contributed by atoms with Gasteiger partial charge in [0.1, 0.15) is 0 Å². The molecule has 18 heavy (non-hydrogen) atoms. The number of carbonyl (C=O) groups excluding carboxylic acids is 1. The second-order valence-corrected chi connectivity index (χ2v) is 4.76. The molecule has 0 aromatic rings. The maximum absolute atomic E-state index is 11.8. The Morgan fingerprint density at radius 3 is 2.72 bits per heavy atom. The van der Waals surface area contributed by atoms with Crippen molar-refractivity contribution in [2.45, 2.75) is 31.7 Å². The number of nitrogens with zero attached hydrogens (tertiary/aromatic N) is 1. The number of rotatable bonds is 6. The fraction of sp³-hybridized carbons (Fsp3) is 0.833. The van der Waals surface area contributed by atoms with Gasteiger partial charge in [-0.3, -0.25) is 4.79 Å². The highest BCUT2D eigenvalue weighted by atomic mass is 16.5. The van der Waals surface area contributed by atoms with Gasteiger partial charge < -0.3 is 20.1 Å².